The SMILES string of the molecule is COc1ccc(C2C3=CCC4C(=O)N(C(N)=O)C(=O)C4C3CC3=C2C(=O)C=C(Br)C3=O)cc1O. The lowest BCUT2D eigenvalue weighted by molar-refractivity contribution is -0.136. The van der Waals surface area contributed by atoms with Crippen LogP contribution >= 0.6 is 15.9 Å². The number of ether oxygens (including phenoxy) is 1. The van der Waals surface area contributed by atoms with Crippen LogP contribution in [0, 0.1) is 17.8 Å². The fourth-order valence-electron chi connectivity index (χ4n) is 5.69. The molecule has 1 aromatic carbocycles. The molecule has 0 bridgehead atoms. The van der Waals surface area contributed by atoms with Gasteiger partial charge < -0.3 is 15.6 Å². The van der Waals surface area contributed by atoms with Gasteiger partial charge >= 0.3 is 6.03 Å². The lowest BCUT2D eigenvalue weighted by atomic mass is 9.59. The van der Waals surface area contributed by atoms with E-state index in [-0.39, 0.29) is 51.5 Å². The maximum Gasteiger partial charge on any atom is 0.328 e. The Balaban J connectivity index is 1.69. The van der Waals surface area contributed by atoms with Gasteiger partial charge in [0.15, 0.2) is 23.1 Å². The van der Waals surface area contributed by atoms with Crippen molar-refractivity contribution in [1.29, 1.82) is 0 Å². The number of hydrogen-bond donors (Lipinski definition) is 2. The molecule has 3 N–H and O–H groups in total. The van der Waals surface area contributed by atoms with E-state index in [2.05, 4.69) is 15.9 Å². The van der Waals surface area contributed by atoms with Crippen molar-refractivity contribution in [1.82, 2.24) is 4.90 Å². The minimum absolute atomic E-state index is 0.0695. The van der Waals surface area contributed by atoms with Gasteiger partial charge in [-0.3, -0.25) is 19.2 Å². The molecule has 4 atom stereocenters. The zero-order chi connectivity index (χ0) is 24.5. The second kappa shape index (κ2) is 7.76. The quantitative estimate of drug-likeness (QED) is 0.341. The zero-order valence-corrected chi connectivity index (χ0v) is 19.5. The fourth-order valence-corrected chi connectivity index (χ4v) is 6.14. The second-order valence-electron chi connectivity index (χ2n) is 8.68. The van der Waals surface area contributed by atoms with E-state index < -0.39 is 41.5 Å². The average Bonchev–Trinajstić information content (AvgIpc) is 3.06. The average molecular weight is 527 g/mol. The first-order valence-electron chi connectivity index (χ1n) is 10.6. The van der Waals surface area contributed by atoms with Gasteiger partial charge in [0.25, 0.3) is 0 Å². The van der Waals surface area contributed by atoms with E-state index in [1.807, 2.05) is 6.08 Å². The number of imide groups is 3. The van der Waals surface area contributed by atoms with Crippen molar-refractivity contribution in [2.24, 2.45) is 23.5 Å². The Morgan fingerprint density at radius 3 is 2.56 bits per heavy atom. The van der Waals surface area contributed by atoms with Gasteiger partial charge in [0.2, 0.25) is 11.8 Å². The molecule has 34 heavy (non-hydrogen) atoms. The summed E-state index contributed by atoms with van der Waals surface area (Å²) in [6.45, 7) is 0. The predicted octanol–water partition coefficient (Wildman–Crippen LogP) is 2.24. The number of rotatable bonds is 2. The Hall–Kier alpha value is -3.53. The smallest absolute Gasteiger partial charge is 0.328 e. The highest BCUT2D eigenvalue weighted by atomic mass is 79.9. The van der Waals surface area contributed by atoms with Crippen molar-refractivity contribution in [2.75, 3.05) is 7.11 Å². The van der Waals surface area contributed by atoms with Gasteiger partial charge in [0.1, 0.15) is 0 Å². The molecule has 0 aromatic heterocycles. The Labute approximate surface area is 202 Å². The molecule has 4 amide bonds. The number of ketones is 2. The molecule has 0 spiro atoms. The Morgan fingerprint density at radius 2 is 1.91 bits per heavy atom. The van der Waals surface area contributed by atoms with Crippen molar-refractivity contribution >= 4 is 45.3 Å². The number of halogens is 1. The fraction of sp³-hybridized carbons (Fsp3) is 0.292. The van der Waals surface area contributed by atoms with Gasteiger partial charge in [-0.2, -0.15) is 4.90 Å². The molecule has 4 unspecified atom stereocenters. The van der Waals surface area contributed by atoms with Crippen LogP contribution in [0.4, 0.5) is 4.79 Å². The second-order valence-corrected chi connectivity index (χ2v) is 9.53. The van der Waals surface area contributed by atoms with Crippen LogP contribution in [-0.2, 0) is 19.2 Å². The lowest BCUT2D eigenvalue weighted by Gasteiger charge is -2.42. The molecule has 3 aliphatic carbocycles. The number of allylic oxidation sites excluding steroid dienone is 6. The van der Waals surface area contributed by atoms with Crippen LogP contribution in [0.1, 0.15) is 24.3 Å². The van der Waals surface area contributed by atoms with Crippen LogP contribution in [0.5, 0.6) is 11.5 Å². The third-order valence-corrected chi connectivity index (χ3v) is 7.68. The summed E-state index contributed by atoms with van der Waals surface area (Å²) in [7, 11) is 1.41. The molecule has 0 saturated carbocycles. The first-order chi connectivity index (χ1) is 16.1. The van der Waals surface area contributed by atoms with Crippen molar-refractivity contribution in [3.8, 4) is 11.5 Å². The van der Waals surface area contributed by atoms with E-state index >= 15 is 0 Å². The van der Waals surface area contributed by atoms with Crippen molar-refractivity contribution in [3.63, 3.8) is 0 Å². The van der Waals surface area contributed by atoms with Crippen molar-refractivity contribution < 1.29 is 33.8 Å². The molecular formula is C24H19BrN2O7. The largest absolute Gasteiger partial charge is 0.504 e. The monoisotopic (exact) mass is 526 g/mol. The van der Waals surface area contributed by atoms with Gasteiger partial charge in [0, 0.05) is 23.1 Å². The van der Waals surface area contributed by atoms with Crippen molar-refractivity contribution in [3.05, 3.63) is 57.1 Å². The molecule has 1 aromatic rings. The Bertz CT molecular complexity index is 1310. The van der Waals surface area contributed by atoms with Gasteiger partial charge in [0.05, 0.1) is 23.4 Å². The number of fused-ring (bicyclic) bond motifs is 3. The van der Waals surface area contributed by atoms with E-state index in [0.717, 1.165) is 0 Å². The summed E-state index contributed by atoms with van der Waals surface area (Å²) in [5.74, 6) is -4.93. The van der Waals surface area contributed by atoms with E-state index in [4.69, 9.17) is 10.5 Å². The molecule has 1 fully saturated rings. The molecule has 174 valence electrons. The van der Waals surface area contributed by atoms with Crippen LogP contribution in [-0.4, -0.2) is 46.5 Å². The van der Waals surface area contributed by atoms with E-state index in [1.165, 1.54) is 19.3 Å². The number of hydrogen-bond acceptors (Lipinski definition) is 7. The number of methoxy groups -OCH3 is 1. The summed E-state index contributed by atoms with van der Waals surface area (Å²) < 4.78 is 5.24. The highest BCUT2D eigenvalue weighted by molar-refractivity contribution is 9.12. The molecule has 9 nitrogen and oxygen atoms in total. The maximum atomic E-state index is 13.1. The number of primary amides is 1. The number of carbonyl (C=O) groups excluding carboxylic acids is 5. The summed E-state index contributed by atoms with van der Waals surface area (Å²) in [4.78, 5) is 64.4. The van der Waals surface area contributed by atoms with E-state index in [9.17, 15) is 29.1 Å². The molecule has 1 saturated heterocycles. The summed E-state index contributed by atoms with van der Waals surface area (Å²) in [5.41, 5.74) is 7.06. The zero-order valence-electron chi connectivity index (χ0n) is 17.9. The topological polar surface area (TPSA) is 144 Å². The highest BCUT2D eigenvalue weighted by Gasteiger charge is 2.57. The van der Waals surface area contributed by atoms with Gasteiger partial charge in [-0.1, -0.05) is 17.7 Å². The molecule has 4 aliphatic rings. The standard InChI is InChI=1S/C24H19BrN2O7/c1-34-17-5-2-9(6-15(17)28)18-10-3-4-11-19(23(32)27(22(11)31)24(26)33)12(10)7-13-20(18)16(29)8-14(25)21(13)30/h2-3,5-6,8,11-12,18-19,28H,4,7H2,1H3,(H2,26,33). The third kappa shape index (κ3) is 3.01. The summed E-state index contributed by atoms with van der Waals surface area (Å²) >= 11 is 3.15. The number of urea groups is 1. The van der Waals surface area contributed by atoms with Crippen LogP contribution in [0.25, 0.3) is 0 Å². The number of carbonyl (C=O) groups is 5. The first kappa shape index (κ1) is 22.3. The Kier molecular flexibility index (Phi) is 5.09. The molecule has 0 radical (unpaired) electrons. The van der Waals surface area contributed by atoms with Crippen LogP contribution in [0.2, 0.25) is 0 Å². The lowest BCUT2D eigenvalue weighted by Crippen LogP contribution is -2.42. The van der Waals surface area contributed by atoms with Crippen molar-refractivity contribution in [2.45, 2.75) is 18.8 Å². The summed E-state index contributed by atoms with van der Waals surface area (Å²) in [6, 6.07) is 3.57. The molecule has 1 heterocycles. The first-order valence-corrected chi connectivity index (χ1v) is 11.4. The molecule has 1 aliphatic heterocycles. The molecule has 5 rings (SSSR count). The number of phenolic OH excluding ortho intramolecular Hbond substituents is 1. The summed E-state index contributed by atoms with van der Waals surface area (Å²) in [6.07, 6.45) is 3.29. The maximum absolute atomic E-state index is 13.1. The number of Topliss-reactive ketones (excluding diaryl/α,β-unsaturated/α-hetero) is 1. The summed E-state index contributed by atoms with van der Waals surface area (Å²) in [5, 5.41) is 10.4. The normalized spacial score (nSPS) is 28.2. The number of nitrogens with zero attached hydrogens (tertiary/aromatic N) is 1. The van der Waals surface area contributed by atoms with Crippen LogP contribution in [0.3, 0.4) is 0 Å². The minimum atomic E-state index is -1.13. The Morgan fingerprint density at radius 1 is 1.18 bits per heavy atom. The third-order valence-electron chi connectivity index (χ3n) is 7.09. The number of amides is 4. The van der Waals surface area contributed by atoms with Gasteiger partial charge in [-0.15, -0.1) is 0 Å². The van der Waals surface area contributed by atoms with Gasteiger partial charge in [-0.25, -0.2) is 4.79 Å². The highest BCUT2D eigenvalue weighted by Crippen LogP contribution is 2.55. The minimum Gasteiger partial charge on any atom is -0.504 e. The number of phenols is 1. The van der Waals surface area contributed by atoms with Crippen LogP contribution in [0.15, 0.2) is 51.6 Å². The van der Waals surface area contributed by atoms with Crippen LogP contribution < -0.4 is 10.5 Å². The number of benzene rings is 1. The predicted molar refractivity (Wildman–Crippen MR) is 121 cm³/mol. The molecule has 10 heteroatoms. The van der Waals surface area contributed by atoms with Gasteiger partial charge in [-0.05, 0) is 52.4 Å². The number of aromatic hydroxyl groups is 1. The van der Waals surface area contributed by atoms with E-state index in [1.54, 1.807) is 12.1 Å². The number of nitrogens with two attached hydrogens (primary N) is 1. The van der Waals surface area contributed by atoms with E-state index in [0.29, 0.717) is 16.0 Å². The number of likely N-dealkylation sites (tertiary alicyclic amines) is 1. The molecular weight excluding hydrogens is 508 g/mol.